The number of phenolic OH excluding ortho intramolecular Hbond substituents is 1. The number of nitrogens with zero attached hydrogens (tertiary/aromatic N) is 1. The average molecular weight is 155 g/mol. The first-order chi connectivity index (χ1) is 5.15. The summed E-state index contributed by atoms with van der Waals surface area (Å²) < 4.78 is 25.0. The second-order valence-electron chi connectivity index (χ2n) is 1.87. The van der Waals surface area contributed by atoms with Crippen molar-refractivity contribution in [3.05, 3.63) is 35.2 Å². The predicted molar refractivity (Wildman–Crippen MR) is 34.3 cm³/mol. The summed E-state index contributed by atoms with van der Waals surface area (Å²) in [6.45, 7) is 6.36. The minimum Gasteiger partial charge on any atom is -0.508 e. The van der Waals surface area contributed by atoms with Gasteiger partial charge in [-0.3, -0.25) is 0 Å². The molecule has 1 aromatic rings. The van der Waals surface area contributed by atoms with Gasteiger partial charge in [0.1, 0.15) is 17.4 Å². The highest BCUT2D eigenvalue weighted by atomic mass is 19.1. The molecule has 0 radical (unpaired) electrons. The van der Waals surface area contributed by atoms with Gasteiger partial charge in [-0.15, -0.1) is 0 Å². The van der Waals surface area contributed by atoms with Crippen molar-refractivity contribution in [2.45, 2.75) is 0 Å². The number of benzene rings is 1. The molecule has 11 heavy (non-hydrogen) atoms. The first kappa shape index (κ1) is 7.48. The van der Waals surface area contributed by atoms with Crippen molar-refractivity contribution in [3.63, 3.8) is 0 Å². The van der Waals surface area contributed by atoms with Crippen LogP contribution in [0.2, 0.25) is 0 Å². The summed E-state index contributed by atoms with van der Waals surface area (Å²) in [5, 5.41) is 8.63. The standard InChI is InChI=1S/C7H3F2NO/c1-10-7-5(8)2-4(11)3-6(7)9/h2-3,11H. The van der Waals surface area contributed by atoms with Crippen LogP contribution in [0.15, 0.2) is 12.1 Å². The van der Waals surface area contributed by atoms with Gasteiger partial charge in [0.15, 0.2) is 0 Å². The summed E-state index contributed by atoms with van der Waals surface area (Å²) in [5.41, 5.74) is -0.692. The molecular formula is C7H3F2NO. The number of aromatic hydroxyl groups is 1. The molecule has 0 aliphatic carbocycles. The zero-order valence-corrected chi connectivity index (χ0v) is 5.31. The Balaban J connectivity index is 3.40. The minimum absolute atomic E-state index is 0.521. The van der Waals surface area contributed by atoms with Crippen LogP contribution in [0.3, 0.4) is 0 Å². The van der Waals surface area contributed by atoms with E-state index in [1.807, 2.05) is 0 Å². The number of rotatable bonds is 0. The normalized spacial score (nSPS) is 9.18. The monoisotopic (exact) mass is 155 g/mol. The summed E-state index contributed by atoms with van der Waals surface area (Å²) in [7, 11) is 0. The Hall–Kier alpha value is -1.63. The van der Waals surface area contributed by atoms with Gasteiger partial charge in [0, 0.05) is 12.1 Å². The van der Waals surface area contributed by atoms with Crippen molar-refractivity contribution in [3.8, 4) is 5.75 Å². The van der Waals surface area contributed by atoms with Gasteiger partial charge in [-0.2, -0.15) is 0 Å². The van der Waals surface area contributed by atoms with Crippen molar-refractivity contribution in [1.82, 2.24) is 0 Å². The fourth-order valence-corrected chi connectivity index (χ4v) is 0.659. The van der Waals surface area contributed by atoms with E-state index < -0.39 is 23.1 Å². The molecule has 4 heteroatoms. The summed E-state index contributed by atoms with van der Waals surface area (Å²) in [4.78, 5) is 2.60. The molecule has 2 nitrogen and oxygen atoms in total. The lowest BCUT2D eigenvalue weighted by molar-refractivity contribution is 0.462. The maximum atomic E-state index is 12.5. The third-order valence-electron chi connectivity index (χ3n) is 1.11. The summed E-state index contributed by atoms with van der Waals surface area (Å²) in [5.74, 6) is -2.61. The molecule has 0 bridgehead atoms. The van der Waals surface area contributed by atoms with E-state index in [-0.39, 0.29) is 0 Å². The lowest BCUT2D eigenvalue weighted by Crippen LogP contribution is -1.79. The number of hydrogen-bond acceptors (Lipinski definition) is 1. The third kappa shape index (κ3) is 1.27. The smallest absolute Gasteiger partial charge is 0.257 e. The zero-order chi connectivity index (χ0) is 8.43. The van der Waals surface area contributed by atoms with Crippen LogP contribution in [-0.2, 0) is 0 Å². The van der Waals surface area contributed by atoms with E-state index in [4.69, 9.17) is 11.7 Å². The number of hydrogen-bond donors (Lipinski definition) is 1. The Morgan fingerprint density at radius 2 is 1.73 bits per heavy atom. The molecule has 0 aliphatic heterocycles. The van der Waals surface area contributed by atoms with E-state index in [2.05, 4.69) is 4.85 Å². The van der Waals surface area contributed by atoms with E-state index in [9.17, 15) is 8.78 Å². The highest BCUT2D eigenvalue weighted by Crippen LogP contribution is 2.25. The lowest BCUT2D eigenvalue weighted by Gasteiger charge is -1.95. The Labute approximate surface area is 61.5 Å². The summed E-state index contributed by atoms with van der Waals surface area (Å²) >= 11 is 0. The van der Waals surface area contributed by atoms with Crippen molar-refractivity contribution >= 4 is 5.69 Å². The van der Waals surface area contributed by atoms with Gasteiger partial charge in [0.05, 0.1) is 6.57 Å². The van der Waals surface area contributed by atoms with Crippen LogP contribution < -0.4 is 0 Å². The van der Waals surface area contributed by atoms with Crippen LogP contribution in [0.25, 0.3) is 4.85 Å². The van der Waals surface area contributed by atoms with Gasteiger partial charge in [0.25, 0.3) is 5.69 Å². The highest BCUT2D eigenvalue weighted by molar-refractivity contribution is 5.49. The fourth-order valence-electron chi connectivity index (χ4n) is 0.659. The Kier molecular flexibility index (Phi) is 1.73. The van der Waals surface area contributed by atoms with E-state index in [0.717, 1.165) is 0 Å². The van der Waals surface area contributed by atoms with Gasteiger partial charge in [0.2, 0.25) is 0 Å². The highest BCUT2D eigenvalue weighted by Gasteiger charge is 2.09. The van der Waals surface area contributed by atoms with Crippen molar-refractivity contribution in [2.24, 2.45) is 0 Å². The SMILES string of the molecule is [C-]#[N+]c1c(F)cc(O)cc1F. The molecule has 0 spiro atoms. The first-order valence-corrected chi connectivity index (χ1v) is 2.70. The number of phenols is 1. The topological polar surface area (TPSA) is 24.6 Å². The second-order valence-corrected chi connectivity index (χ2v) is 1.87. The zero-order valence-electron chi connectivity index (χ0n) is 5.31. The molecule has 0 amide bonds. The van der Waals surface area contributed by atoms with E-state index in [0.29, 0.717) is 12.1 Å². The van der Waals surface area contributed by atoms with Crippen LogP contribution in [0.1, 0.15) is 0 Å². The molecular weight excluding hydrogens is 152 g/mol. The lowest BCUT2D eigenvalue weighted by atomic mass is 10.3. The van der Waals surface area contributed by atoms with Crippen molar-refractivity contribution < 1.29 is 13.9 Å². The molecule has 0 aliphatic rings. The fraction of sp³-hybridized carbons (Fsp3) is 0. The van der Waals surface area contributed by atoms with Crippen LogP contribution in [0.5, 0.6) is 5.75 Å². The van der Waals surface area contributed by atoms with Crippen molar-refractivity contribution in [1.29, 1.82) is 0 Å². The maximum Gasteiger partial charge on any atom is 0.257 e. The van der Waals surface area contributed by atoms with E-state index in [1.54, 1.807) is 0 Å². The Bertz CT molecular complexity index is 307. The summed E-state index contributed by atoms with van der Waals surface area (Å²) in [6, 6.07) is 1.38. The van der Waals surface area contributed by atoms with Gasteiger partial charge in [-0.05, 0) is 0 Å². The molecule has 0 unspecified atom stereocenters. The van der Waals surface area contributed by atoms with Crippen LogP contribution in [0.4, 0.5) is 14.5 Å². The Morgan fingerprint density at radius 3 is 2.09 bits per heavy atom. The maximum absolute atomic E-state index is 12.5. The third-order valence-corrected chi connectivity index (χ3v) is 1.11. The Morgan fingerprint density at radius 1 is 1.27 bits per heavy atom. The van der Waals surface area contributed by atoms with Crippen LogP contribution >= 0.6 is 0 Å². The molecule has 1 rings (SSSR count). The van der Waals surface area contributed by atoms with Gasteiger partial charge in [-0.25, -0.2) is 13.6 Å². The van der Waals surface area contributed by atoms with Gasteiger partial charge >= 0.3 is 0 Å². The van der Waals surface area contributed by atoms with E-state index >= 15 is 0 Å². The summed E-state index contributed by atoms with van der Waals surface area (Å²) in [6.07, 6.45) is 0. The van der Waals surface area contributed by atoms with Crippen molar-refractivity contribution in [2.75, 3.05) is 0 Å². The molecule has 0 saturated carbocycles. The second kappa shape index (κ2) is 2.54. The molecule has 0 fully saturated rings. The van der Waals surface area contributed by atoms with Gasteiger partial charge < -0.3 is 5.11 Å². The molecule has 56 valence electrons. The molecule has 1 N–H and O–H groups in total. The first-order valence-electron chi connectivity index (χ1n) is 2.70. The minimum atomic E-state index is -1.04. The molecule has 1 aromatic carbocycles. The average Bonchev–Trinajstić information content (AvgIpc) is 1.85. The largest absolute Gasteiger partial charge is 0.508 e. The van der Waals surface area contributed by atoms with Crippen LogP contribution in [-0.4, -0.2) is 5.11 Å². The van der Waals surface area contributed by atoms with Crippen LogP contribution in [0, 0.1) is 18.2 Å². The number of halogens is 2. The molecule has 0 atom stereocenters. The van der Waals surface area contributed by atoms with Gasteiger partial charge in [-0.1, -0.05) is 0 Å². The predicted octanol–water partition coefficient (Wildman–Crippen LogP) is 2.22. The molecule has 0 heterocycles. The molecule has 0 saturated heterocycles. The van der Waals surface area contributed by atoms with E-state index in [1.165, 1.54) is 0 Å². The molecule has 0 aromatic heterocycles. The quantitative estimate of drug-likeness (QED) is 0.571.